The highest BCUT2D eigenvalue weighted by molar-refractivity contribution is 5.80. The Kier molecular flexibility index (Phi) is 6.44. The number of hydrogen-bond acceptors (Lipinski definition) is 4. The van der Waals surface area contributed by atoms with Crippen molar-refractivity contribution in [2.24, 2.45) is 0 Å². The molecule has 0 heterocycles. The molecule has 0 saturated heterocycles. The second-order valence-electron chi connectivity index (χ2n) is 5.88. The Morgan fingerprint density at radius 2 is 1.78 bits per heavy atom. The molecule has 5 nitrogen and oxygen atoms in total. The maximum atomic E-state index is 12.7. The molecular weight excluding hydrogens is 294 g/mol. The first-order valence-electron chi connectivity index (χ1n) is 8.13. The van der Waals surface area contributed by atoms with Gasteiger partial charge in [0.15, 0.2) is 0 Å². The highest BCUT2D eigenvalue weighted by Gasteiger charge is 2.27. The molecule has 0 aromatic heterocycles. The molecule has 126 valence electrons. The standard InChI is InChI=1S/C18H25NO4/c1-22-16-9-7-14(8-10-16)13-17(20)19(12-11-18(21)23-2)15-5-3-4-6-15/h7-10,15H,3-6,11-13H2,1-2H3. The van der Waals surface area contributed by atoms with E-state index in [1.165, 1.54) is 7.11 Å². The zero-order valence-corrected chi connectivity index (χ0v) is 13.9. The van der Waals surface area contributed by atoms with E-state index >= 15 is 0 Å². The van der Waals surface area contributed by atoms with E-state index in [1.807, 2.05) is 29.2 Å². The van der Waals surface area contributed by atoms with Crippen LogP contribution in [0.25, 0.3) is 0 Å². The summed E-state index contributed by atoms with van der Waals surface area (Å²) in [5, 5.41) is 0. The van der Waals surface area contributed by atoms with Crippen molar-refractivity contribution in [2.75, 3.05) is 20.8 Å². The van der Waals surface area contributed by atoms with E-state index in [0.29, 0.717) is 13.0 Å². The Hall–Kier alpha value is -2.04. The van der Waals surface area contributed by atoms with Crippen LogP contribution < -0.4 is 4.74 Å². The van der Waals surface area contributed by atoms with Crippen molar-refractivity contribution in [3.05, 3.63) is 29.8 Å². The van der Waals surface area contributed by atoms with Crippen LogP contribution in [-0.4, -0.2) is 43.6 Å². The summed E-state index contributed by atoms with van der Waals surface area (Å²) in [5.41, 5.74) is 0.955. The summed E-state index contributed by atoms with van der Waals surface area (Å²) < 4.78 is 9.83. The van der Waals surface area contributed by atoms with Gasteiger partial charge in [0.05, 0.1) is 27.1 Å². The summed E-state index contributed by atoms with van der Waals surface area (Å²) in [5.74, 6) is 0.579. The molecule has 1 saturated carbocycles. The Bertz CT molecular complexity index is 520. The van der Waals surface area contributed by atoms with E-state index in [4.69, 9.17) is 9.47 Å². The van der Waals surface area contributed by atoms with Gasteiger partial charge in [0, 0.05) is 12.6 Å². The first-order valence-corrected chi connectivity index (χ1v) is 8.13. The van der Waals surface area contributed by atoms with Crippen LogP contribution in [0, 0.1) is 0 Å². The third-order valence-corrected chi connectivity index (χ3v) is 4.38. The molecule has 1 aromatic carbocycles. The van der Waals surface area contributed by atoms with Crippen molar-refractivity contribution in [1.29, 1.82) is 0 Å². The van der Waals surface area contributed by atoms with Gasteiger partial charge in [-0.2, -0.15) is 0 Å². The van der Waals surface area contributed by atoms with Gasteiger partial charge >= 0.3 is 5.97 Å². The van der Waals surface area contributed by atoms with E-state index in [9.17, 15) is 9.59 Å². The van der Waals surface area contributed by atoms with Gasteiger partial charge in [0.1, 0.15) is 5.75 Å². The van der Waals surface area contributed by atoms with E-state index < -0.39 is 0 Å². The van der Waals surface area contributed by atoms with Crippen LogP contribution in [0.4, 0.5) is 0 Å². The van der Waals surface area contributed by atoms with Gasteiger partial charge in [0.2, 0.25) is 5.91 Å². The van der Waals surface area contributed by atoms with Crippen molar-refractivity contribution in [3.8, 4) is 5.75 Å². The molecule has 1 fully saturated rings. The highest BCUT2D eigenvalue weighted by atomic mass is 16.5. The monoisotopic (exact) mass is 319 g/mol. The summed E-state index contributed by atoms with van der Waals surface area (Å²) in [6.45, 7) is 0.437. The van der Waals surface area contributed by atoms with E-state index in [0.717, 1.165) is 37.0 Å². The van der Waals surface area contributed by atoms with Crippen LogP contribution >= 0.6 is 0 Å². The number of hydrogen-bond donors (Lipinski definition) is 0. The number of nitrogens with zero attached hydrogens (tertiary/aromatic N) is 1. The Labute approximate surface area is 137 Å². The summed E-state index contributed by atoms with van der Waals surface area (Å²) in [4.78, 5) is 26.0. The number of methoxy groups -OCH3 is 2. The van der Waals surface area contributed by atoms with Crippen LogP contribution in [0.3, 0.4) is 0 Å². The number of esters is 1. The number of carbonyl (C=O) groups is 2. The lowest BCUT2D eigenvalue weighted by Crippen LogP contribution is -2.41. The molecule has 2 rings (SSSR count). The fourth-order valence-electron chi connectivity index (χ4n) is 3.06. The summed E-state index contributed by atoms with van der Waals surface area (Å²) in [6, 6.07) is 7.78. The SMILES string of the molecule is COC(=O)CCN(C(=O)Cc1ccc(OC)cc1)C1CCCC1. The van der Waals surface area contributed by atoms with Crippen LogP contribution in [-0.2, 0) is 20.7 Å². The van der Waals surface area contributed by atoms with Gasteiger partial charge < -0.3 is 14.4 Å². The Balaban J connectivity index is 2.00. The van der Waals surface area contributed by atoms with Crippen molar-refractivity contribution in [2.45, 2.75) is 44.6 Å². The minimum atomic E-state index is -0.273. The van der Waals surface area contributed by atoms with Gasteiger partial charge in [-0.25, -0.2) is 0 Å². The molecule has 0 unspecified atom stereocenters. The second kappa shape index (κ2) is 8.56. The van der Waals surface area contributed by atoms with Gasteiger partial charge in [0.25, 0.3) is 0 Å². The number of carbonyl (C=O) groups excluding carboxylic acids is 2. The van der Waals surface area contributed by atoms with E-state index in [-0.39, 0.29) is 24.3 Å². The lowest BCUT2D eigenvalue weighted by Gasteiger charge is -2.29. The maximum Gasteiger partial charge on any atom is 0.307 e. The van der Waals surface area contributed by atoms with Crippen molar-refractivity contribution >= 4 is 11.9 Å². The lowest BCUT2D eigenvalue weighted by atomic mass is 10.1. The van der Waals surface area contributed by atoms with Crippen LogP contribution in [0.5, 0.6) is 5.75 Å². The van der Waals surface area contributed by atoms with Gasteiger partial charge in [-0.15, -0.1) is 0 Å². The largest absolute Gasteiger partial charge is 0.497 e. The summed E-state index contributed by atoms with van der Waals surface area (Å²) in [6.07, 6.45) is 4.94. The molecule has 5 heteroatoms. The molecule has 0 N–H and O–H groups in total. The maximum absolute atomic E-state index is 12.7. The molecule has 0 bridgehead atoms. The number of amides is 1. The number of benzene rings is 1. The first-order chi connectivity index (χ1) is 11.1. The highest BCUT2D eigenvalue weighted by Crippen LogP contribution is 2.24. The van der Waals surface area contributed by atoms with E-state index in [1.54, 1.807) is 7.11 Å². The normalized spacial score (nSPS) is 14.5. The topological polar surface area (TPSA) is 55.8 Å². The molecule has 1 aromatic rings. The quantitative estimate of drug-likeness (QED) is 0.725. The Morgan fingerprint density at radius 1 is 1.13 bits per heavy atom. The molecule has 1 amide bonds. The molecule has 1 aliphatic rings. The van der Waals surface area contributed by atoms with Gasteiger partial charge in [-0.3, -0.25) is 9.59 Å². The third-order valence-electron chi connectivity index (χ3n) is 4.38. The summed E-state index contributed by atoms with van der Waals surface area (Å²) >= 11 is 0. The van der Waals surface area contributed by atoms with Crippen molar-refractivity contribution < 1.29 is 19.1 Å². The molecule has 0 radical (unpaired) electrons. The van der Waals surface area contributed by atoms with Crippen LogP contribution in [0.1, 0.15) is 37.7 Å². The lowest BCUT2D eigenvalue weighted by molar-refractivity contribution is -0.142. The summed E-state index contributed by atoms with van der Waals surface area (Å²) in [7, 11) is 3.00. The molecule has 23 heavy (non-hydrogen) atoms. The molecule has 0 spiro atoms. The van der Waals surface area contributed by atoms with Crippen molar-refractivity contribution in [3.63, 3.8) is 0 Å². The second-order valence-corrected chi connectivity index (χ2v) is 5.88. The minimum Gasteiger partial charge on any atom is -0.497 e. The van der Waals surface area contributed by atoms with E-state index in [2.05, 4.69) is 0 Å². The molecule has 0 atom stereocenters. The fraction of sp³-hybridized carbons (Fsp3) is 0.556. The average Bonchev–Trinajstić information content (AvgIpc) is 3.09. The van der Waals surface area contributed by atoms with Crippen LogP contribution in [0.2, 0.25) is 0 Å². The van der Waals surface area contributed by atoms with Gasteiger partial charge in [-0.1, -0.05) is 25.0 Å². The van der Waals surface area contributed by atoms with Crippen LogP contribution in [0.15, 0.2) is 24.3 Å². The zero-order valence-electron chi connectivity index (χ0n) is 13.9. The zero-order chi connectivity index (χ0) is 16.7. The smallest absolute Gasteiger partial charge is 0.307 e. The predicted octanol–water partition coefficient (Wildman–Crippen LogP) is 2.57. The molecular formula is C18H25NO4. The molecule has 0 aliphatic heterocycles. The first kappa shape index (κ1) is 17.3. The minimum absolute atomic E-state index is 0.0750. The Morgan fingerprint density at radius 3 is 2.35 bits per heavy atom. The number of ether oxygens (including phenoxy) is 2. The predicted molar refractivity (Wildman–Crippen MR) is 87.3 cm³/mol. The van der Waals surface area contributed by atoms with Gasteiger partial charge in [-0.05, 0) is 30.5 Å². The molecule has 1 aliphatic carbocycles. The number of rotatable bonds is 7. The fourth-order valence-corrected chi connectivity index (χ4v) is 3.06. The average molecular weight is 319 g/mol. The third kappa shape index (κ3) is 4.98. The van der Waals surface area contributed by atoms with Crippen molar-refractivity contribution in [1.82, 2.24) is 4.90 Å².